The van der Waals surface area contributed by atoms with Crippen molar-refractivity contribution in [3.63, 3.8) is 0 Å². The van der Waals surface area contributed by atoms with Gasteiger partial charge in [-0.05, 0) is 259 Å². The van der Waals surface area contributed by atoms with Gasteiger partial charge in [0.1, 0.15) is 5.92 Å². The number of hydrogen-bond donors (Lipinski definition) is 1. The van der Waals surface area contributed by atoms with Gasteiger partial charge < -0.3 is 24.7 Å². The summed E-state index contributed by atoms with van der Waals surface area (Å²) in [6, 6.07) is 0. The number of terminal acetylenes is 1. The molecule has 0 aromatic rings. The predicted molar refractivity (Wildman–Crippen MR) is 236 cm³/mol. The van der Waals surface area contributed by atoms with Crippen LogP contribution in [0.3, 0.4) is 0 Å². The zero-order valence-corrected chi connectivity index (χ0v) is 35.8. The van der Waals surface area contributed by atoms with Crippen molar-refractivity contribution in [2.24, 2.45) is 35.5 Å². The van der Waals surface area contributed by atoms with Gasteiger partial charge in [0.05, 0.1) is 5.66 Å². The molecule has 2 aliphatic carbocycles. The van der Waals surface area contributed by atoms with Crippen molar-refractivity contribution in [2.45, 2.75) is 45.2 Å². The van der Waals surface area contributed by atoms with E-state index in [0.29, 0.717) is 0 Å². The molecular formula is C54H23O9P2-3. The first-order chi connectivity index (χ1) is 31.6. The van der Waals surface area contributed by atoms with Gasteiger partial charge in [0.25, 0.3) is 7.06 Å². The van der Waals surface area contributed by atoms with E-state index in [-0.39, 0.29) is 25.7 Å². The first kappa shape index (κ1) is 52.1. The van der Waals surface area contributed by atoms with Gasteiger partial charge in [-0.25, -0.2) is 0 Å². The number of fused-ring (bicyclic) bond motifs is 1. The van der Waals surface area contributed by atoms with Crippen molar-refractivity contribution in [3.05, 3.63) is 0 Å². The van der Waals surface area contributed by atoms with Crippen LogP contribution in [0, 0.1) is 273 Å². The molecule has 2 saturated carbocycles. The van der Waals surface area contributed by atoms with Crippen LogP contribution in [-0.4, -0.2) is 16.7 Å². The van der Waals surface area contributed by atoms with Gasteiger partial charge in [-0.3, -0.25) is 14.4 Å². The molecule has 0 aromatic carbocycles. The summed E-state index contributed by atoms with van der Waals surface area (Å²) in [5.41, 5.74) is -1.98. The topological polar surface area (TPSA) is 159 Å². The van der Waals surface area contributed by atoms with Gasteiger partial charge in [-0.1, -0.05) is 29.6 Å². The fourth-order valence-electron chi connectivity index (χ4n) is 6.25. The molecule has 9 nitrogen and oxygen atoms in total. The maximum atomic E-state index is 14.5. The summed E-state index contributed by atoms with van der Waals surface area (Å²) in [5, 5.41) is 25.3. The molecule has 2 fully saturated rings. The van der Waals surface area contributed by atoms with Crippen molar-refractivity contribution in [2.75, 3.05) is 0 Å². The highest BCUT2D eigenvalue weighted by Crippen LogP contribution is 2.80. The molecule has 1 N–H and O–H groups in total. The lowest BCUT2D eigenvalue weighted by molar-refractivity contribution is -0.779. The van der Waals surface area contributed by atoms with Crippen LogP contribution in [0.1, 0.15) is 39.5 Å². The first-order valence-corrected chi connectivity index (χ1v) is 22.2. The number of carboxylic acid groups (broad SMARTS) is 1. The molecule has 65 heavy (non-hydrogen) atoms. The van der Waals surface area contributed by atoms with Crippen LogP contribution in [0.15, 0.2) is 0 Å². The fraction of sp³-hybridized carbons (Fsp3) is 0.241. The second kappa shape index (κ2) is 30.9. The van der Waals surface area contributed by atoms with Crippen molar-refractivity contribution in [1.82, 2.24) is 0 Å². The van der Waals surface area contributed by atoms with Gasteiger partial charge in [0.2, 0.25) is 0 Å². The third-order valence-electron chi connectivity index (χ3n) is 8.42. The highest BCUT2D eigenvalue weighted by atomic mass is 32.1. The average Bonchev–Trinajstić information content (AvgIpc) is 3.61. The molecule has 2 aliphatic rings. The third kappa shape index (κ3) is 19.0. The summed E-state index contributed by atoms with van der Waals surface area (Å²) < 4.78 is 31.9. The molecule has 0 aliphatic heterocycles. The van der Waals surface area contributed by atoms with Crippen LogP contribution >= 0.6 is 14.3 Å². The number of carbonyl (C=O) groups is 1. The van der Waals surface area contributed by atoms with E-state index in [2.05, 4.69) is 241 Å². The zero-order chi connectivity index (χ0) is 47.4. The van der Waals surface area contributed by atoms with Crippen LogP contribution in [0.5, 0.6) is 0 Å². The van der Waals surface area contributed by atoms with E-state index >= 15 is 0 Å². The monoisotopic (exact) mass is 877 g/mol. The van der Waals surface area contributed by atoms with E-state index in [1.807, 2.05) is 0 Å². The Labute approximate surface area is 380 Å². The Bertz CT molecular complexity index is 3360. The van der Waals surface area contributed by atoms with E-state index < -0.39 is 61.5 Å². The number of carboxylic acids is 1. The Hall–Kier alpha value is -9.07. The van der Waals surface area contributed by atoms with Gasteiger partial charge in [-0.15, -0.1) is 6.42 Å². The molecule has 2 rings (SSSR count). The molecule has 0 saturated heterocycles. The van der Waals surface area contributed by atoms with Crippen LogP contribution in [0.4, 0.5) is 0 Å². The van der Waals surface area contributed by atoms with E-state index in [1.165, 1.54) is 0 Å². The van der Waals surface area contributed by atoms with Gasteiger partial charge in [0.15, 0.2) is 0 Å². The summed E-state index contributed by atoms with van der Waals surface area (Å²) in [7, 11) is -12.2. The normalized spacial score (nSPS) is 17.9. The molecule has 11 heteroatoms. The predicted octanol–water partition coefficient (Wildman–Crippen LogP) is 0.792. The molecule has 0 bridgehead atoms. The van der Waals surface area contributed by atoms with Gasteiger partial charge in [-0.2, -0.15) is 4.67 Å². The molecule has 0 aromatic heterocycles. The third-order valence-corrected chi connectivity index (χ3v) is 13.9. The van der Waals surface area contributed by atoms with Crippen molar-refractivity contribution in [3.8, 4) is 237 Å². The molecular weight excluding hydrogens is 855 g/mol. The summed E-state index contributed by atoms with van der Waals surface area (Å²) in [6.07, 6.45) is 5.35. The number of aliphatic carboxylic acids is 1. The maximum absolute atomic E-state index is 14.5. The molecule has 0 heterocycles. The Morgan fingerprint density at radius 2 is 0.923 bits per heavy atom. The smallest absolute Gasteiger partial charge is 0.319 e. The highest BCUT2D eigenvalue weighted by Gasteiger charge is 2.58. The van der Waals surface area contributed by atoms with Crippen molar-refractivity contribution < 1.29 is 43.8 Å². The van der Waals surface area contributed by atoms with E-state index in [9.17, 15) is 34.1 Å². The van der Waals surface area contributed by atoms with E-state index in [4.69, 9.17) is 6.42 Å². The molecule has 0 radical (unpaired) electrons. The summed E-state index contributed by atoms with van der Waals surface area (Å²) in [4.78, 5) is 38.8. The van der Waals surface area contributed by atoms with Crippen LogP contribution in [0.25, 0.3) is 0 Å². The standard InChI is InChI=1S/C54H26O9P2/c1-4-7-10-13-16-19-22-24-27-29-32-35-38-41-48-44-45-49-47(40-37-34-31-28-26-23-20-17-14-11-8-5-2)43-46-50(53(52(48)49)64(58,63-62-57)65(59,60)61)51(54(55)56)42-39-36-33-30-25-21-18-15-12-9-6-3/h2,47-53,57H,43-46H2,1,3H3,(H,55,56)(H2,59,60,61)/p-3. The fourth-order valence-corrected chi connectivity index (χ4v) is 10.8. The van der Waals surface area contributed by atoms with Crippen molar-refractivity contribution in [1.29, 1.82) is 0 Å². The lowest BCUT2D eigenvalue weighted by Gasteiger charge is -2.47. The van der Waals surface area contributed by atoms with Gasteiger partial charge >= 0.3 is 5.97 Å². The quantitative estimate of drug-likeness (QED) is 0.176. The Kier molecular flexibility index (Phi) is 24.7. The Morgan fingerprint density at radius 3 is 1.31 bits per heavy atom. The molecule has 8 unspecified atom stereocenters. The largest absolute Gasteiger partial charge is 0.804 e. The minimum atomic E-state index is -6.41. The maximum Gasteiger partial charge on any atom is 0.319 e. The minimum absolute atomic E-state index is 0.0734. The second-order valence-corrected chi connectivity index (χ2v) is 17.9. The summed E-state index contributed by atoms with van der Waals surface area (Å²) in [5.74, 6) is 88.7. The minimum Gasteiger partial charge on any atom is -0.804 e. The Morgan fingerprint density at radius 1 is 0.554 bits per heavy atom. The van der Waals surface area contributed by atoms with Crippen LogP contribution in [-0.2, 0) is 23.6 Å². The lowest BCUT2D eigenvalue weighted by Crippen LogP contribution is -2.41. The lowest BCUT2D eigenvalue weighted by atomic mass is 9.76. The van der Waals surface area contributed by atoms with Crippen molar-refractivity contribution >= 4 is 20.3 Å². The SMILES string of the molecule is C#CC#CC#CC#CC#CC#CC#CC1CCC(C(C#CC#CC#CC#CC#CC#CC)C(=O)O)C(P(=O)(OO[O-])P(=O)([O-])[O-])C2C(C#CC#CC#CC#CC#CC#CC#CC)CCC12. The van der Waals surface area contributed by atoms with Crippen LogP contribution in [0.2, 0.25) is 0 Å². The summed E-state index contributed by atoms with van der Waals surface area (Å²) in [6.45, 7) is 3.24. The highest BCUT2D eigenvalue weighted by molar-refractivity contribution is 8.28. The van der Waals surface area contributed by atoms with E-state index in [0.717, 1.165) is 0 Å². The number of hydrogen-bond acceptors (Lipinski definition) is 8. The average molecular weight is 878 g/mol. The van der Waals surface area contributed by atoms with Crippen LogP contribution < -0.4 is 15.0 Å². The molecule has 0 spiro atoms. The second-order valence-electron chi connectivity index (χ2n) is 12.0. The molecule has 8 atom stereocenters. The van der Waals surface area contributed by atoms with E-state index in [1.54, 1.807) is 13.8 Å². The number of rotatable bonds is 6. The molecule has 0 amide bonds. The first-order valence-electron chi connectivity index (χ1n) is 18.2. The molecule has 306 valence electrons. The Balaban J connectivity index is 2.79. The summed E-state index contributed by atoms with van der Waals surface area (Å²) >= 11 is 0. The zero-order valence-electron chi connectivity index (χ0n) is 34.1. The van der Waals surface area contributed by atoms with Gasteiger partial charge in [0, 0.05) is 19.1 Å².